The number of rotatable bonds is 3. The Bertz CT molecular complexity index is 39.8. The maximum Gasteiger partial charge on any atom is 0.264 e. The summed E-state index contributed by atoms with van der Waals surface area (Å²) in [5, 5.41) is 0. The van der Waals surface area contributed by atoms with Gasteiger partial charge >= 0.3 is 0 Å². The monoisotopic (exact) mass is 103 g/mol. The van der Waals surface area contributed by atoms with Gasteiger partial charge in [-0.25, -0.2) is 0 Å². The summed E-state index contributed by atoms with van der Waals surface area (Å²) in [6, 6.07) is 0. The average Bonchev–Trinajstić information content (AvgIpc) is 1.61. The van der Waals surface area contributed by atoms with E-state index in [1.807, 2.05) is 0 Å². The lowest BCUT2D eigenvalue weighted by atomic mass is 11.1. The molecule has 0 rings (SSSR count). The van der Waals surface area contributed by atoms with Crippen molar-refractivity contribution in [3.05, 3.63) is 12.8 Å². The minimum Gasteiger partial charge on any atom is -0.407 e. The van der Waals surface area contributed by atoms with E-state index in [0.29, 0.717) is 0 Å². The SMILES string of the molecule is C=CN[SiH2]OC. The first-order chi connectivity index (χ1) is 2.91. The molecule has 0 bridgehead atoms. The van der Waals surface area contributed by atoms with Gasteiger partial charge in [0.2, 0.25) is 0 Å². The van der Waals surface area contributed by atoms with Gasteiger partial charge in [0, 0.05) is 7.11 Å². The molecule has 3 heteroatoms. The summed E-state index contributed by atoms with van der Waals surface area (Å²) >= 11 is 0. The van der Waals surface area contributed by atoms with Gasteiger partial charge in [-0.05, 0) is 6.20 Å². The fraction of sp³-hybridized carbons (Fsp3) is 0.333. The van der Waals surface area contributed by atoms with Gasteiger partial charge in [-0.1, -0.05) is 6.58 Å². The van der Waals surface area contributed by atoms with E-state index >= 15 is 0 Å². The van der Waals surface area contributed by atoms with Crippen molar-refractivity contribution in [2.75, 3.05) is 7.11 Å². The standard InChI is InChI=1S/C3H9NOSi/c1-3-4-6-5-2/h3-4H,1,6H2,2H3. The molecule has 0 unspecified atom stereocenters. The van der Waals surface area contributed by atoms with Crippen LogP contribution in [0.25, 0.3) is 0 Å². The van der Waals surface area contributed by atoms with Gasteiger partial charge in [-0.2, -0.15) is 0 Å². The first kappa shape index (κ1) is 5.72. The summed E-state index contributed by atoms with van der Waals surface area (Å²) in [7, 11) is 1.24. The van der Waals surface area contributed by atoms with Crippen molar-refractivity contribution >= 4 is 9.92 Å². The Balaban J connectivity index is 2.49. The minimum absolute atomic E-state index is 0.446. The van der Waals surface area contributed by atoms with Crippen molar-refractivity contribution in [2.45, 2.75) is 0 Å². The molecule has 0 atom stereocenters. The molecule has 0 aliphatic heterocycles. The highest BCUT2D eigenvalue weighted by Crippen LogP contribution is 1.50. The third kappa shape index (κ3) is 3.72. The smallest absolute Gasteiger partial charge is 0.264 e. The lowest BCUT2D eigenvalue weighted by molar-refractivity contribution is 0.436. The van der Waals surface area contributed by atoms with Crippen LogP contribution >= 0.6 is 0 Å². The summed E-state index contributed by atoms with van der Waals surface area (Å²) < 4.78 is 4.74. The van der Waals surface area contributed by atoms with Crippen LogP contribution in [0.4, 0.5) is 0 Å². The summed E-state index contributed by atoms with van der Waals surface area (Å²) in [6.45, 7) is 3.44. The van der Waals surface area contributed by atoms with Crippen LogP contribution in [0.1, 0.15) is 0 Å². The third-order valence-corrected chi connectivity index (χ3v) is 1.12. The van der Waals surface area contributed by atoms with Crippen LogP contribution in [-0.4, -0.2) is 17.0 Å². The number of hydrogen-bond donors (Lipinski definition) is 1. The van der Waals surface area contributed by atoms with Crippen LogP contribution in [0.15, 0.2) is 12.8 Å². The molecule has 0 heterocycles. The van der Waals surface area contributed by atoms with Crippen molar-refractivity contribution in [1.29, 1.82) is 0 Å². The Morgan fingerprint density at radius 3 is 2.83 bits per heavy atom. The molecular formula is C3H9NOSi. The van der Waals surface area contributed by atoms with Crippen LogP contribution in [-0.2, 0) is 4.43 Å². The summed E-state index contributed by atoms with van der Waals surface area (Å²) in [5.41, 5.74) is 0. The second kappa shape index (κ2) is 4.72. The maximum absolute atomic E-state index is 4.74. The van der Waals surface area contributed by atoms with E-state index in [2.05, 4.69) is 11.6 Å². The Kier molecular flexibility index (Phi) is 4.49. The Hall–Kier alpha value is -0.283. The van der Waals surface area contributed by atoms with E-state index in [1.54, 1.807) is 13.3 Å². The van der Waals surface area contributed by atoms with E-state index in [-0.39, 0.29) is 0 Å². The number of nitrogens with one attached hydrogen (secondary N) is 1. The molecule has 0 saturated carbocycles. The highest BCUT2D eigenvalue weighted by molar-refractivity contribution is 6.23. The summed E-state index contributed by atoms with van der Waals surface area (Å²) in [6.07, 6.45) is 1.65. The molecule has 0 aromatic carbocycles. The van der Waals surface area contributed by atoms with Gasteiger partial charge in [0.25, 0.3) is 9.92 Å². The second-order valence-electron chi connectivity index (χ2n) is 0.841. The Morgan fingerprint density at radius 1 is 2.00 bits per heavy atom. The molecule has 0 amide bonds. The zero-order valence-electron chi connectivity index (χ0n) is 3.90. The minimum atomic E-state index is -0.446. The van der Waals surface area contributed by atoms with Crippen LogP contribution in [0.2, 0.25) is 0 Å². The molecule has 0 fully saturated rings. The molecular weight excluding hydrogens is 94.1 g/mol. The van der Waals surface area contributed by atoms with E-state index in [9.17, 15) is 0 Å². The molecule has 1 N–H and O–H groups in total. The highest BCUT2D eigenvalue weighted by atomic mass is 28.2. The highest BCUT2D eigenvalue weighted by Gasteiger charge is 1.68. The molecule has 0 aromatic heterocycles. The van der Waals surface area contributed by atoms with Crippen molar-refractivity contribution in [3.8, 4) is 0 Å². The molecule has 36 valence electrons. The summed E-state index contributed by atoms with van der Waals surface area (Å²) in [5.74, 6) is 0. The normalized spacial score (nSPS) is 9.50. The van der Waals surface area contributed by atoms with E-state index in [4.69, 9.17) is 4.43 Å². The van der Waals surface area contributed by atoms with E-state index < -0.39 is 9.92 Å². The third-order valence-electron chi connectivity index (χ3n) is 0.372. The van der Waals surface area contributed by atoms with Crippen LogP contribution in [0.3, 0.4) is 0 Å². The van der Waals surface area contributed by atoms with Gasteiger partial charge in [-0.3, -0.25) is 0 Å². The predicted octanol–water partition coefficient (Wildman–Crippen LogP) is -0.635. The van der Waals surface area contributed by atoms with Crippen molar-refractivity contribution in [1.82, 2.24) is 4.98 Å². The van der Waals surface area contributed by atoms with Gasteiger partial charge in [-0.15, -0.1) is 0 Å². The topological polar surface area (TPSA) is 21.3 Å². The van der Waals surface area contributed by atoms with Crippen molar-refractivity contribution in [2.24, 2.45) is 0 Å². The molecule has 0 aliphatic rings. The molecule has 0 aliphatic carbocycles. The predicted molar refractivity (Wildman–Crippen MR) is 28.9 cm³/mol. The van der Waals surface area contributed by atoms with E-state index in [0.717, 1.165) is 0 Å². The first-order valence-corrected chi connectivity index (χ1v) is 3.03. The van der Waals surface area contributed by atoms with Gasteiger partial charge in [0.15, 0.2) is 0 Å². The van der Waals surface area contributed by atoms with Crippen molar-refractivity contribution < 1.29 is 4.43 Å². The van der Waals surface area contributed by atoms with Gasteiger partial charge in [0.05, 0.1) is 0 Å². The Labute approximate surface area is 40.2 Å². The van der Waals surface area contributed by atoms with Crippen LogP contribution < -0.4 is 4.98 Å². The number of hydrogen-bond acceptors (Lipinski definition) is 2. The quantitative estimate of drug-likeness (QED) is 0.379. The fourth-order valence-electron chi connectivity index (χ4n) is 0.142. The first-order valence-electron chi connectivity index (χ1n) is 1.75. The van der Waals surface area contributed by atoms with Gasteiger partial charge in [0.1, 0.15) is 0 Å². The molecule has 0 spiro atoms. The molecule has 2 nitrogen and oxygen atoms in total. The zero-order chi connectivity index (χ0) is 4.83. The van der Waals surface area contributed by atoms with E-state index in [1.165, 1.54) is 0 Å². The lowest BCUT2D eigenvalue weighted by Crippen LogP contribution is -2.12. The molecule has 6 heavy (non-hydrogen) atoms. The lowest BCUT2D eigenvalue weighted by Gasteiger charge is -1.90. The Morgan fingerprint density at radius 2 is 2.67 bits per heavy atom. The van der Waals surface area contributed by atoms with Gasteiger partial charge < -0.3 is 9.41 Å². The largest absolute Gasteiger partial charge is 0.407 e. The average molecular weight is 103 g/mol. The maximum atomic E-state index is 4.74. The van der Waals surface area contributed by atoms with Crippen LogP contribution in [0.5, 0.6) is 0 Å². The zero-order valence-corrected chi connectivity index (χ0v) is 5.31. The molecule has 0 radical (unpaired) electrons. The fourth-order valence-corrected chi connectivity index (χ4v) is 0.427. The molecule has 0 saturated heterocycles. The van der Waals surface area contributed by atoms with Crippen LogP contribution in [0, 0.1) is 0 Å². The second-order valence-corrected chi connectivity index (χ2v) is 2.12. The summed E-state index contributed by atoms with van der Waals surface area (Å²) in [4.78, 5) is 2.88. The molecule has 0 aromatic rings. The van der Waals surface area contributed by atoms with Crippen molar-refractivity contribution in [3.63, 3.8) is 0 Å².